The second kappa shape index (κ2) is 6.49. The van der Waals surface area contributed by atoms with E-state index >= 15 is 0 Å². The van der Waals surface area contributed by atoms with Crippen LogP contribution in [0.25, 0.3) is 0 Å². The molecule has 1 aromatic heterocycles. The fraction of sp³-hybridized carbons (Fsp3) is 0.800. The van der Waals surface area contributed by atoms with Gasteiger partial charge in [0.25, 0.3) is 0 Å². The van der Waals surface area contributed by atoms with E-state index < -0.39 is 0 Å². The zero-order chi connectivity index (χ0) is 12.1. The number of nitrogens with zero attached hydrogens (tertiary/aromatic N) is 4. The normalized spacial score (nSPS) is 13.7. The van der Waals surface area contributed by atoms with Crippen LogP contribution < -0.4 is 0 Å². The van der Waals surface area contributed by atoms with Gasteiger partial charge in [-0.3, -0.25) is 4.90 Å². The van der Waals surface area contributed by atoms with Crippen LogP contribution in [0, 0.1) is 0 Å². The Kier molecular flexibility index (Phi) is 5.61. The summed E-state index contributed by atoms with van der Waals surface area (Å²) < 4.78 is 0.520. The molecule has 1 unspecified atom stereocenters. The van der Waals surface area contributed by atoms with Crippen LogP contribution in [0.1, 0.15) is 18.9 Å². The molecule has 0 aliphatic rings. The lowest BCUT2D eigenvalue weighted by Crippen LogP contribution is -2.39. The van der Waals surface area contributed by atoms with Crippen LogP contribution in [0.5, 0.6) is 0 Å². The Morgan fingerprint density at radius 3 is 2.50 bits per heavy atom. The zero-order valence-electron chi connectivity index (χ0n) is 10.3. The minimum Gasteiger partial charge on any atom is -0.308 e. The Bertz CT molecular complexity index is 316. The SMILES string of the molecule is CCN(Cc1nnc(Cl)s1)C(C)CN(C)C. The highest BCUT2D eigenvalue weighted by atomic mass is 35.5. The first-order valence-electron chi connectivity index (χ1n) is 5.39. The van der Waals surface area contributed by atoms with Crippen molar-refractivity contribution in [1.29, 1.82) is 0 Å². The Balaban J connectivity index is 2.54. The van der Waals surface area contributed by atoms with Crippen molar-refractivity contribution in [3.63, 3.8) is 0 Å². The summed E-state index contributed by atoms with van der Waals surface area (Å²) in [6.07, 6.45) is 0. The third kappa shape index (κ3) is 4.33. The maximum absolute atomic E-state index is 5.77. The smallest absolute Gasteiger partial charge is 0.207 e. The lowest BCUT2D eigenvalue weighted by atomic mass is 10.2. The van der Waals surface area contributed by atoms with Crippen molar-refractivity contribution in [3.05, 3.63) is 9.47 Å². The fourth-order valence-corrected chi connectivity index (χ4v) is 2.59. The lowest BCUT2D eigenvalue weighted by molar-refractivity contribution is 0.174. The maximum Gasteiger partial charge on any atom is 0.207 e. The van der Waals surface area contributed by atoms with Gasteiger partial charge in [0.15, 0.2) is 0 Å². The molecule has 0 fully saturated rings. The van der Waals surface area contributed by atoms with E-state index in [9.17, 15) is 0 Å². The molecule has 6 heteroatoms. The van der Waals surface area contributed by atoms with Crippen molar-refractivity contribution in [1.82, 2.24) is 20.0 Å². The predicted octanol–water partition coefficient (Wildman–Crippen LogP) is 1.96. The van der Waals surface area contributed by atoms with Crippen LogP contribution in [-0.4, -0.2) is 53.2 Å². The highest BCUT2D eigenvalue weighted by Gasteiger charge is 2.15. The second-order valence-corrected chi connectivity index (χ2v) is 5.77. The number of likely N-dealkylation sites (N-methyl/N-ethyl adjacent to an activating group) is 2. The summed E-state index contributed by atoms with van der Waals surface area (Å²) in [5, 5.41) is 8.85. The van der Waals surface area contributed by atoms with Gasteiger partial charge in [-0.2, -0.15) is 0 Å². The fourth-order valence-electron chi connectivity index (χ4n) is 1.69. The van der Waals surface area contributed by atoms with Gasteiger partial charge in [-0.25, -0.2) is 0 Å². The molecule has 0 spiro atoms. The van der Waals surface area contributed by atoms with Crippen molar-refractivity contribution >= 4 is 22.9 Å². The standard InChI is InChI=1S/C10H19ClN4S/c1-5-15(8(2)6-14(3)4)7-9-12-13-10(11)16-9/h8H,5-7H2,1-4H3. The van der Waals surface area contributed by atoms with Crippen molar-refractivity contribution < 1.29 is 0 Å². The minimum atomic E-state index is 0.502. The van der Waals surface area contributed by atoms with Crippen molar-refractivity contribution in [2.45, 2.75) is 26.4 Å². The largest absolute Gasteiger partial charge is 0.308 e. The average Bonchev–Trinajstić information content (AvgIpc) is 2.59. The number of hydrogen-bond donors (Lipinski definition) is 0. The molecule has 92 valence electrons. The van der Waals surface area contributed by atoms with Gasteiger partial charge in [0.2, 0.25) is 4.47 Å². The Morgan fingerprint density at radius 2 is 2.06 bits per heavy atom. The van der Waals surface area contributed by atoms with Crippen molar-refractivity contribution in [2.75, 3.05) is 27.2 Å². The highest BCUT2D eigenvalue weighted by Crippen LogP contribution is 2.17. The molecule has 1 atom stereocenters. The molecule has 0 aliphatic heterocycles. The molecular formula is C10H19ClN4S. The van der Waals surface area contributed by atoms with E-state index in [1.165, 1.54) is 11.3 Å². The van der Waals surface area contributed by atoms with Gasteiger partial charge < -0.3 is 4.90 Å². The Hall–Kier alpha value is -0.230. The van der Waals surface area contributed by atoms with Gasteiger partial charge in [-0.1, -0.05) is 18.3 Å². The van der Waals surface area contributed by atoms with Gasteiger partial charge >= 0.3 is 0 Å². The summed E-state index contributed by atoms with van der Waals surface area (Å²) in [5.74, 6) is 0. The van der Waals surface area contributed by atoms with Gasteiger partial charge in [0.1, 0.15) is 5.01 Å². The minimum absolute atomic E-state index is 0.502. The van der Waals surface area contributed by atoms with Crippen molar-refractivity contribution in [2.24, 2.45) is 0 Å². The summed E-state index contributed by atoms with van der Waals surface area (Å²) in [6.45, 7) is 7.27. The van der Waals surface area contributed by atoms with Crippen LogP contribution in [0.15, 0.2) is 0 Å². The molecule has 0 amide bonds. The Labute approximate surface area is 106 Å². The molecule has 16 heavy (non-hydrogen) atoms. The molecule has 4 nitrogen and oxygen atoms in total. The van der Waals surface area contributed by atoms with E-state index in [2.05, 4.69) is 47.9 Å². The van der Waals surface area contributed by atoms with Gasteiger partial charge in [-0.05, 0) is 39.2 Å². The summed E-state index contributed by atoms with van der Waals surface area (Å²) in [7, 11) is 4.18. The summed E-state index contributed by atoms with van der Waals surface area (Å²) in [6, 6.07) is 0.502. The molecule has 0 aliphatic carbocycles. The van der Waals surface area contributed by atoms with Crippen LogP contribution in [0.3, 0.4) is 0 Å². The van der Waals surface area contributed by atoms with Gasteiger partial charge in [0.05, 0.1) is 6.54 Å². The lowest BCUT2D eigenvalue weighted by Gasteiger charge is -2.28. The summed E-state index contributed by atoms with van der Waals surface area (Å²) in [4.78, 5) is 4.57. The van der Waals surface area contributed by atoms with E-state index in [-0.39, 0.29) is 0 Å². The average molecular weight is 263 g/mol. The second-order valence-electron chi connectivity index (χ2n) is 4.12. The molecule has 1 heterocycles. The topological polar surface area (TPSA) is 32.3 Å². The van der Waals surface area contributed by atoms with Crippen LogP contribution in [0.2, 0.25) is 4.47 Å². The summed E-state index contributed by atoms with van der Waals surface area (Å²) in [5.41, 5.74) is 0. The molecule has 0 saturated carbocycles. The highest BCUT2D eigenvalue weighted by molar-refractivity contribution is 7.15. The van der Waals surface area contributed by atoms with E-state index in [0.29, 0.717) is 10.5 Å². The van der Waals surface area contributed by atoms with Crippen LogP contribution in [-0.2, 0) is 6.54 Å². The molecule has 0 bridgehead atoms. The zero-order valence-corrected chi connectivity index (χ0v) is 11.8. The number of rotatable bonds is 6. The van der Waals surface area contributed by atoms with E-state index in [1.807, 2.05) is 0 Å². The molecule has 0 radical (unpaired) electrons. The third-order valence-electron chi connectivity index (χ3n) is 2.44. The predicted molar refractivity (Wildman–Crippen MR) is 69.0 cm³/mol. The van der Waals surface area contributed by atoms with Crippen molar-refractivity contribution in [3.8, 4) is 0 Å². The van der Waals surface area contributed by atoms with Crippen LogP contribution in [0.4, 0.5) is 0 Å². The first-order chi connectivity index (χ1) is 7.52. The maximum atomic E-state index is 5.77. The van der Waals surface area contributed by atoms with E-state index in [0.717, 1.165) is 24.6 Å². The first-order valence-corrected chi connectivity index (χ1v) is 6.59. The van der Waals surface area contributed by atoms with Crippen LogP contribution >= 0.6 is 22.9 Å². The Morgan fingerprint density at radius 1 is 1.38 bits per heavy atom. The molecular weight excluding hydrogens is 244 g/mol. The summed E-state index contributed by atoms with van der Waals surface area (Å²) >= 11 is 7.22. The third-order valence-corrected chi connectivity index (χ3v) is 3.44. The number of aromatic nitrogens is 2. The molecule has 0 N–H and O–H groups in total. The van der Waals surface area contributed by atoms with E-state index in [4.69, 9.17) is 11.6 Å². The number of hydrogen-bond acceptors (Lipinski definition) is 5. The van der Waals surface area contributed by atoms with E-state index in [1.54, 1.807) is 0 Å². The number of halogens is 1. The monoisotopic (exact) mass is 262 g/mol. The quantitative estimate of drug-likeness (QED) is 0.785. The molecule has 0 saturated heterocycles. The van der Waals surface area contributed by atoms with Gasteiger partial charge in [-0.15, -0.1) is 10.2 Å². The molecule has 1 rings (SSSR count). The first kappa shape index (κ1) is 13.8. The van der Waals surface area contributed by atoms with Gasteiger partial charge in [0, 0.05) is 12.6 Å². The molecule has 0 aromatic carbocycles. The molecule has 1 aromatic rings.